The van der Waals surface area contributed by atoms with Gasteiger partial charge in [0.1, 0.15) is 11.5 Å². The van der Waals surface area contributed by atoms with E-state index >= 15 is 0 Å². The summed E-state index contributed by atoms with van der Waals surface area (Å²) in [5, 5.41) is 28.7. The standard InChI is InChI=1S/C17H22O10P2/c18-11-17(12-19,13-20)16(28(21,22)23)27-29(24,25-14-7-3-1-4-8-14)26-15-9-5-2-6-10-15/h1-10,16,18-20H,11-13H2,(H2,21,22,23). The van der Waals surface area contributed by atoms with E-state index < -0.39 is 46.5 Å². The third-order valence-electron chi connectivity index (χ3n) is 3.92. The predicted octanol–water partition coefficient (Wildman–Crippen LogP) is 1.74. The van der Waals surface area contributed by atoms with Gasteiger partial charge in [0.05, 0.1) is 25.2 Å². The molecule has 0 radical (unpaired) electrons. The fourth-order valence-electron chi connectivity index (χ4n) is 2.32. The van der Waals surface area contributed by atoms with Crippen molar-refractivity contribution in [2.75, 3.05) is 19.8 Å². The Bertz CT molecular complexity index is 797. The number of aliphatic hydroxyl groups excluding tert-OH is 3. The fourth-order valence-corrected chi connectivity index (χ4v) is 5.47. The molecule has 0 amide bonds. The average Bonchev–Trinajstić information content (AvgIpc) is 2.69. The van der Waals surface area contributed by atoms with Crippen molar-refractivity contribution in [2.24, 2.45) is 5.41 Å². The number of hydrogen-bond donors (Lipinski definition) is 5. The fraction of sp³-hybridized carbons (Fsp3) is 0.294. The van der Waals surface area contributed by atoms with Crippen molar-refractivity contribution in [3.8, 4) is 11.5 Å². The van der Waals surface area contributed by atoms with Gasteiger partial charge in [-0.15, -0.1) is 0 Å². The SMILES string of the molecule is O=P(Oc1ccccc1)(Oc1ccccc1)OC(C(CO)(CO)CO)P(=O)(O)O. The number of phosphoric ester groups is 1. The number of para-hydroxylation sites is 2. The van der Waals surface area contributed by atoms with Crippen molar-refractivity contribution in [1.82, 2.24) is 0 Å². The van der Waals surface area contributed by atoms with Crippen LogP contribution in [0, 0.1) is 5.41 Å². The summed E-state index contributed by atoms with van der Waals surface area (Å²) >= 11 is 0. The number of hydrogen-bond acceptors (Lipinski definition) is 8. The summed E-state index contributed by atoms with van der Waals surface area (Å²) in [6, 6.07) is 15.2. The van der Waals surface area contributed by atoms with Crippen LogP contribution in [0.4, 0.5) is 0 Å². The molecule has 0 saturated carbocycles. The Hall–Kier alpha value is -1.74. The molecule has 0 heterocycles. The van der Waals surface area contributed by atoms with Crippen LogP contribution >= 0.6 is 15.4 Å². The second-order valence-corrected chi connectivity index (χ2v) is 9.26. The molecule has 10 nitrogen and oxygen atoms in total. The van der Waals surface area contributed by atoms with Crippen LogP contribution in [0.5, 0.6) is 11.5 Å². The molecule has 0 aliphatic rings. The Kier molecular flexibility index (Phi) is 7.99. The lowest BCUT2D eigenvalue weighted by Crippen LogP contribution is -2.46. The van der Waals surface area contributed by atoms with Crippen molar-refractivity contribution in [2.45, 2.75) is 5.85 Å². The van der Waals surface area contributed by atoms with Crippen LogP contribution in [0.2, 0.25) is 0 Å². The Morgan fingerprint density at radius 2 is 1.14 bits per heavy atom. The molecule has 12 heteroatoms. The quantitative estimate of drug-likeness (QED) is 0.320. The van der Waals surface area contributed by atoms with Gasteiger partial charge in [-0.25, -0.2) is 4.57 Å². The maximum atomic E-state index is 13.3. The van der Waals surface area contributed by atoms with Gasteiger partial charge in [0.2, 0.25) is 0 Å². The van der Waals surface area contributed by atoms with E-state index in [9.17, 15) is 34.2 Å². The molecule has 2 aromatic carbocycles. The summed E-state index contributed by atoms with van der Waals surface area (Å²) in [5.74, 6) is -2.37. The average molecular weight is 448 g/mol. The molecule has 0 aliphatic carbocycles. The lowest BCUT2D eigenvalue weighted by molar-refractivity contribution is -0.0554. The van der Waals surface area contributed by atoms with Gasteiger partial charge in [-0.1, -0.05) is 36.4 Å². The van der Waals surface area contributed by atoms with Crippen LogP contribution in [-0.4, -0.2) is 50.8 Å². The highest BCUT2D eigenvalue weighted by molar-refractivity contribution is 7.54. The predicted molar refractivity (Wildman–Crippen MR) is 102 cm³/mol. The number of aliphatic hydroxyl groups is 3. The van der Waals surface area contributed by atoms with Crippen molar-refractivity contribution < 1.29 is 47.8 Å². The largest absolute Gasteiger partial charge is 0.588 e. The zero-order chi connectivity index (χ0) is 21.5. The van der Waals surface area contributed by atoms with Crippen molar-refractivity contribution >= 4 is 15.4 Å². The van der Waals surface area contributed by atoms with Crippen molar-refractivity contribution in [3.05, 3.63) is 60.7 Å². The zero-order valence-electron chi connectivity index (χ0n) is 15.1. The van der Waals surface area contributed by atoms with Gasteiger partial charge in [-0.2, -0.15) is 0 Å². The Morgan fingerprint density at radius 1 is 0.759 bits per heavy atom. The van der Waals surface area contributed by atoms with Gasteiger partial charge in [-0.3, -0.25) is 9.09 Å². The van der Waals surface area contributed by atoms with E-state index in [0.717, 1.165) is 0 Å². The molecule has 0 aliphatic heterocycles. The number of phosphoric acid groups is 1. The maximum absolute atomic E-state index is 13.3. The molecule has 2 aromatic rings. The highest BCUT2D eigenvalue weighted by Crippen LogP contribution is 2.60. The van der Waals surface area contributed by atoms with E-state index in [0.29, 0.717) is 0 Å². The monoisotopic (exact) mass is 448 g/mol. The van der Waals surface area contributed by atoms with Gasteiger partial charge >= 0.3 is 15.4 Å². The van der Waals surface area contributed by atoms with Crippen LogP contribution in [0.25, 0.3) is 0 Å². The molecule has 2 rings (SSSR count). The van der Waals surface area contributed by atoms with E-state index in [4.69, 9.17) is 13.6 Å². The summed E-state index contributed by atoms with van der Waals surface area (Å²) in [7, 11) is -10.1. The van der Waals surface area contributed by atoms with E-state index in [1.165, 1.54) is 24.3 Å². The molecular weight excluding hydrogens is 426 g/mol. The van der Waals surface area contributed by atoms with Crippen molar-refractivity contribution in [3.63, 3.8) is 0 Å². The molecule has 0 saturated heterocycles. The maximum Gasteiger partial charge on any atom is 0.588 e. The molecule has 160 valence electrons. The summed E-state index contributed by atoms with van der Waals surface area (Å²) in [4.78, 5) is 19.4. The Morgan fingerprint density at radius 3 is 1.45 bits per heavy atom. The number of rotatable bonds is 11. The van der Waals surface area contributed by atoms with Crippen molar-refractivity contribution in [1.29, 1.82) is 0 Å². The van der Waals surface area contributed by atoms with Crippen LogP contribution in [0.15, 0.2) is 60.7 Å². The first-order valence-electron chi connectivity index (χ1n) is 8.33. The lowest BCUT2D eigenvalue weighted by atomic mass is 9.92. The second-order valence-electron chi connectivity index (χ2n) is 6.14. The van der Waals surface area contributed by atoms with E-state index in [2.05, 4.69) is 0 Å². The minimum atomic E-state index is -5.29. The third kappa shape index (κ3) is 6.12. The molecule has 0 fully saturated rings. The second kappa shape index (κ2) is 9.84. The normalized spacial score (nSPS) is 13.7. The van der Waals surface area contributed by atoms with Crippen LogP contribution in [0.3, 0.4) is 0 Å². The minimum absolute atomic E-state index is 0.0128. The highest BCUT2D eigenvalue weighted by atomic mass is 31.2. The highest BCUT2D eigenvalue weighted by Gasteiger charge is 2.54. The van der Waals surface area contributed by atoms with E-state index in [1.54, 1.807) is 36.4 Å². The van der Waals surface area contributed by atoms with Gasteiger partial charge in [0.25, 0.3) is 0 Å². The summed E-state index contributed by atoms with van der Waals surface area (Å²) in [6.07, 6.45) is 0. The zero-order valence-corrected chi connectivity index (χ0v) is 16.9. The van der Waals surface area contributed by atoms with Crippen LogP contribution in [0.1, 0.15) is 0 Å². The van der Waals surface area contributed by atoms with Crippen LogP contribution < -0.4 is 9.05 Å². The molecule has 5 N–H and O–H groups in total. The van der Waals surface area contributed by atoms with Crippen LogP contribution in [-0.2, 0) is 13.7 Å². The summed E-state index contributed by atoms with van der Waals surface area (Å²) < 4.78 is 41.1. The third-order valence-corrected chi connectivity index (χ3v) is 6.69. The molecule has 1 unspecified atom stereocenters. The molecule has 1 atom stereocenters. The Balaban J connectivity index is 2.47. The number of benzene rings is 2. The first-order chi connectivity index (χ1) is 13.7. The van der Waals surface area contributed by atoms with Gasteiger partial charge < -0.3 is 34.2 Å². The van der Waals surface area contributed by atoms with Gasteiger partial charge in [0.15, 0.2) is 5.85 Å². The summed E-state index contributed by atoms with van der Waals surface area (Å²) in [6.45, 7) is -3.23. The smallest absolute Gasteiger partial charge is 0.395 e. The van der Waals surface area contributed by atoms with Gasteiger partial charge in [-0.05, 0) is 24.3 Å². The Labute approximate surface area is 167 Å². The first kappa shape index (κ1) is 23.5. The first-order valence-corrected chi connectivity index (χ1v) is 11.5. The molecule has 0 spiro atoms. The van der Waals surface area contributed by atoms with E-state index in [1.807, 2.05) is 0 Å². The molecule has 0 bridgehead atoms. The minimum Gasteiger partial charge on any atom is -0.395 e. The van der Waals surface area contributed by atoms with Gasteiger partial charge in [0, 0.05) is 0 Å². The molecule has 0 aromatic heterocycles. The molecular formula is C17H22O10P2. The topological polar surface area (TPSA) is 163 Å². The summed E-state index contributed by atoms with van der Waals surface area (Å²) in [5.41, 5.74) is -2.23. The molecule has 29 heavy (non-hydrogen) atoms. The van der Waals surface area contributed by atoms with E-state index in [-0.39, 0.29) is 11.5 Å². The lowest BCUT2D eigenvalue weighted by Gasteiger charge is -2.36.